The third-order valence-electron chi connectivity index (χ3n) is 4.86. The summed E-state index contributed by atoms with van der Waals surface area (Å²) >= 11 is 0. The fraction of sp³-hybridized carbons (Fsp3) is 0.588. The lowest BCUT2D eigenvalue weighted by molar-refractivity contribution is 0.0368. The molecule has 1 rings (SSSR count). The molecule has 0 saturated carbocycles. The topological polar surface area (TPSA) is 57.5 Å². The van der Waals surface area contributed by atoms with Gasteiger partial charge in [-0.15, -0.1) is 0 Å². The van der Waals surface area contributed by atoms with Gasteiger partial charge < -0.3 is 10.2 Å². The van der Waals surface area contributed by atoms with Gasteiger partial charge in [-0.25, -0.2) is 4.79 Å². The summed E-state index contributed by atoms with van der Waals surface area (Å²) in [5.74, 6) is -0.874. The van der Waals surface area contributed by atoms with Crippen molar-refractivity contribution >= 4 is 5.97 Å². The molecule has 0 bridgehead atoms. The van der Waals surface area contributed by atoms with Gasteiger partial charge in [-0.1, -0.05) is 39.8 Å². The van der Waals surface area contributed by atoms with Crippen molar-refractivity contribution in [1.29, 1.82) is 0 Å². The summed E-state index contributed by atoms with van der Waals surface area (Å²) in [4.78, 5) is 11.4. The Morgan fingerprint density at radius 3 is 2.10 bits per heavy atom. The van der Waals surface area contributed by atoms with Crippen LogP contribution in [0.5, 0.6) is 0 Å². The second-order valence-electron chi connectivity index (χ2n) is 6.95. The van der Waals surface area contributed by atoms with E-state index in [9.17, 15) is 15.0 Å². The fourth-order valence-electron chi connectivity index (χ4n) is 2.34. The molecule has 3 nitrogen and oxygen atoms in total. The molecule has 1 aromatic carbocycles. The summed E-state index contributed by atoms with van der Waals surface area (Å²) in [6, 6.07) is 3.88. The van der Waals surface area contributed by atoms with Crippen LogP contribution in [-0.4, -0.2) is 22.8 Å². The first kappa shape index (κ1) is 16.7. The summed E-state index contributed by atoms with van der Waals surface area (Å²) in [6.07, 6.45) is 0.743. The number of aromatic carboxylic acids is 1. The predicted octanol–water partition coefficient (Wildman–Crippen LogP) is 3.59. The molecule has 0 aliphatic heterocycles. The average molecular weight is 278 g/mol. The summed E-state index contributed by atoms with van der Waals surface area (Å²) < 4.78 is 0. The monoisotopic (exact) mass is 278 g/mol. The summed E-state index contributed by atoms with van der Waals surface area (Å²) in [5.41, 5.74) is 2.71. The van der Waals surface area contributed by atoms with Crippen LogP contribution in [0.25, 0.3) is 0 Å². The highest BCUT2D eigenvalue weighted by atomic mass is 16.4. The van der Waals surface area contributed by atoms with Crippen LogP contribution >= 0.6 is 0 Å². The highest BCUT2D eigenvalue weighted by Crippen LogP contribution is 2.41. The average Bonchev–Trinajstić information content (AvgIpc) is 2.32. The molecular formula is C17H26O3. The Labute approximate surface area is 121 Å². The first-order valence-electron chi connectivity index (χ1n) is 6.97. The Bertz CT molecular complexity index is 513. The van der Waals surface area contributed by atoms with Crippen molar-refractivity contribution in [2.75, 3.05) is 6.61 Å². The smallest absolute Gasteiger partial charge is 0.336 e. The van der Waals surface area contributed by atoms with Crippen LogP contribution in [-0.2, 0) is 6.42 Å². The molecule has 0 aliphatic rings. The lowest BCUT2D eigenvalue weighted by atomic mass is 9.65. The van der Waals surface area contributed by atoms with Gasteiger partial charge in [0.25, 0.3) is 0 Å². The Morgan fingerprint density at radius 1 is 1.10 bits per heavy atom. The van der Waals surface area contributed by atoms with Gasteiger partial charge in [0.2, 0.25) is 0 Å². The van der Waals surface area contributed by atoms with Crippen molar-refractivity contribution in [3.8, 4) is 0 Å². The molecule has 112 valence electrons. The molecule has 0 saturated heterocycles. The normalized spacial score (nSPS) is 12.6. The number of hydrogen-bond acceptors (Lipinski definition) is 2. The van der Waals surface area contributed by atoms with Crippen LogP contribution in [0.1, 0.15) is 54.7 Å². The van der Waals surface area contributed by atoms with Crippen LogP contribution in [0.3, 0.4) is 0 Å². The molecule has 0 aromatic heterocycles. The maximum absolute atomic E-state index is 11.4. The minimum absolute atomic E-state index is 0.108. The predicted molar refractivity (Wildman–Crippen MR) is 81.2 cm³/mol. The molecule has 0 spiro atoms. The van der Waals surface area contributed by atoms with Gasteiger partial charge in [0, 0.05) is 6.61 Å². The van der Waals surface area contributed by atoms with E-state index in [2.05, 4.69) is 13.8 Å². The van der Waals surface area contributed by atoms with Gasteiger partial charge in [-0.3, -0.25) is 0 Å². The molecule has 2 N–H and O–H groups in total. The zero-order valence-corrected chi connectivity index (χ0v) is 13.4. The number of aryl methyl sites for hydroxylation is 1. The number of aliphatic hydroxyl groups is 1. The van der Waals surface area contributed by atoms with Crippen LogP contribution in [0.15, 0.2) is 12.1 Å². The quantitative estimate of drug-likeness (QED) is 0.865. The van der Waals surface area contributed by atoms with Crippen LogP contribution in [0.4, 0.5) is 0 Å². The molecule has 0 heterocycles. The Hall–Kier alpha value is -1.35. The van der Waals surface area contributed by atoms with Gasteiger partial charge in [0.15, 0.2) is 0 Å². The third kappa shape index (κ3) is 3.04. The van der Waals surface area contributed by atoms with E-state index in [0.717, 1.165) is 23.1 Å². The van der Waals surface area contributed by atoms with Crippen LogP contribution in [0.2, 0.25) is 0 Å². The molecule has 3 heteroatoms. The highest BCUT2D eigenvalue weighted by molar-refractivity contribution is 5.91. The van der Waals surface area contributed by atoms with Gasteiger partial charge in [-0.2, -0.15) is 0 Å². The maximum Gasteiger partial charge on any atom is 0.336 e. The fourth-order valence-corrected chi connectivity index (χ4v) is 2.34. The number of carboxylic acids is 1. The minimum Gasteiger partial charge on any atom is -0.478 e. The Kier molecular flexibility index (Phi) is 4.65. The zero-order valence-electron chi connectivity index (χ0n) is 13.4. The molecule has 0 unspecified atom stereocenters. The number of carbonyl (C=O) groups is 1. The van der Waals surface area contributed by atoms with Crippen molar-refractivity contribution in [3.05, 3.63) is 34.4 Å². The van der Waals surface area contributed by atoms with Gasteiger partial charge >= 0.3 is 5.97 Å². The van der Waals surface area contributed by atoms with E-state index >= 15 is 0 Å². The van der Waals surface area contributed by atoms with Gasteiger partial charge in [-0.05, 0) is 47.8 Å². The Balaban J connectivity index is 3.24. The van der Waals surface area contributed by atoms with E-state index < -0.39 is 5.97 Å². The third-order valence-corrected chi connectivity index (χ3v) is 4.86. The largest absolute Gasteiger partial charge is 0.478 e. The second-order valence-corrected chi connectivity index (χ2v) is 6.95. The van der Waals surface area contributed by atoms with E-state index in [0.29, 0.717) is 5.56 Å². The lowest BCUT2D eigenvalue weighted by Gasteiger charge is -2.41. The number of rotatable bonds is 5. The first-order chi connectivity index (χ1) is 9.03. The number of hydrogen-bond donors (Lipinski definition) is 2. The SMILES string of the molecule is Cc1ccc(CC(C)(C)C(C)(C)CO)c(C)c1C(=O)O. The maximum atomic E-state index is 11.4. The molecule has 0 aliphatic carbocycles. The number of carboxylic acid groups (broad SMARTS) is 1. The molecule has 20 heavy (non-hydrogen) atoms. The lowest BCUT2D eigenvalue weighted by Crippen LogP contribution is -2.37. The van der Waals surface area contributed by atoms with Gasteiger partial charge in [0.1, 0.15) is 0 Å². The van der Waals surface area contributed by atoms with E-state index in [1.165, 1.54) is 0 Å². The van der Waals surface area contributed by atoms with Gasteiger partial charge in [0.05, 0.1) is 5.56 Å². The highest BCUT2D eigenvalue weighted by Gasteiger charge is 2.37. The second kappa shape index (κ2) is 5.57. The minimum atomic E-state index is -0.874. The number of aliphatic hydroxyl groups excluding tert-OH is 1. The molecule has 1 aromatic rings. The first-order valence-corrected chi connectivity index (χ1v) is 6.97. The molecule has 0 amide bonds. The van der Waals surface area contributed by atoms with Crippen molar-refractivity contribution in [1.82, 2.24) is 0 Å². The van der Waals surface area contributed by atoms with Crippen molar-refractivity contribution in [3.63, 3.8) is 0 Å². The summed E-state index contributed by atoms with van der Waals surface area (Å²) in [5, 5.41) is 18.9. The van der Waals surface area contributed by atoms with Crippen molar-refractivity contribution in [2.24, 2.45) is 10.8 Å². The summed E-state index contributed by atoms with van der Waals surface area (Å²) in [6.45, 7) is 12.1. The van der Waals surface area contributed by atoms with Crippen molar-refractivity contribution in [2.45, 2.75) is 48.0 Å². The molecule has 0 radical (unpaired) electrons. The van der Waals surface area contributed by atoms with Crippen LogP contribution in [0, 0.1) is 24.7 Å². The van der Waals surface area contributed by atoms with E-state index in [-0.39, 0.29) is 17.4 Å². The van der Waals surface area contributed by atoms with Crippen molar-refractivity contribution < 1.29 is 15.0 Å². The van der Waals surface area contributed by atoms with Crippen LogP contribution < -0.4 is 0 Å². The summed E-state index contributed by atoms with van der Waals surface area (Å²) in [7, 11) is 0. The van der Waals surface area contributed by atoms with E-state index in [1.807, 2.05) is 39.8 Å². The molecule has 0 fully saturated rings. The number of benzene rings is 1. The van der Waals surface area contributed by atoms with E-state index in [1.54, 1.807) is 0 Å². The standard InChI is InChI=1S/C17H26O3/c1-11-7-8-13(12(2)14(11)15(19)20)9-16(3,4)17(5,6)10-18/h7-8,18H,9-10H2,1-6H3,(H,19,20). The molecule has 0 atom stereocenters. The van der Waals surface area contributed by atoms with E-state index in [4.69, 9.17) is 0 Å². The zero-order chi connectivity index (χ0) is 15.7. The molecular weight excluding hydrogens is 252 g/mol. The Morgan fingerprint density at radius 2 is 1.65 bits per heavy atom.